The molecule has 0 unspecified atom stereocenters. The van der Waals surface area contributed by atoms with Crippen LogP contribution in [0.5, 0.6) is 0 Å². The van der Waals surface area contributed by atoms with E-state index in [1.165, 1.54) is 11.8 Å². The molecule has 2 heterocycles. The minimum atomic E-state index is -1.11. The van der Waals surface area contributed by atoms with Crippen molar-refractivity contribution in [2.24, 2.45) is 0 Å². The van der Waals surface area contributed by atoms with Gasteiger partial charge in [-0.3, -0.25) is 9.00 Å². The second-order valence-corrected chi connectivity index (χ2v) is 13.3. The summed E-state index contributed by atoms with van der Waals surface area (Å²) >= 11 is 3.00. The quantitative estimate of drug-likeness (QED) is 0.140. The third-order valence-electron chi connectivity index (χ3n) is 6.92. The van der Waals surface area contributed by atoms with E-state index in [1.54, 1.807) is 11.3 Å². The summed E-state index contributed by atoms with van der Waals surface area (Å²) in [5.41, 5.74) is 4.13. The molecule has 1 aliphatic rings. The highest BCUT2D eigenvalue weighted by Gasteiger charge is 2.32. The molecule has 2 aromatic heterocycles. The Hall–Kier alpha value is -3.25. The van der Waals surface area contributed by atoms with Crippen molar-refractivity contribution >= 4 is 39.9 Å². The minimum absolute atomic E-state index is 0.145. The van der Waals surface area contributed by atoms with E-state index in [9.17, 15) is 14.3 Å². The second kappa shape index (κ2) is 13.9. The predicted octanol–water partition coefficient (Wildman–Crippen LogP) is 7.63. The van der Waals surface area contributed by atoms with Gasteiger partial charge in [-0.1, -0.05) is 73.2 Å². The molecule has 1 fully saturated rings. The van der Waals surface area contributed by atoms with Crippen LogP contribution in [0, 0.1) is 11.3 Å². The van der Waals surface area contributed by atoms with E-state index in [0.29, 0.717) is 22.1 Å². The van der Waals surface area contributed by atoms with Crippen LogP contribution in [0.25, 0.3) is 21.7 Å². The van der Waals surface area contributed by atoms with Gasteiger partial charge in [-0.25, -0.2) is 4.98 Å². The Balaban J connectivity index is 1.26. The molecule has 8 heteroatoms. The van der Waals surface area contributed by atoms with Crippen LogP contribution in [0.3, 0.4) is 0 Å². The number of thiophene rings is 1. The van der Waals surface area contributed by atoms with Crippen LogP contribution >= 0.6 is 23.1 Å². The Morgan fingerprint density at radius 2 is 1.80 bits per heavy atom. The number of hydrogen-bond acceptors (Lipinski definition) is 7. The molecule has 4 aromatic rings. The lowest BCUT2D eigenvalue weighted by molar-refractivity contribution is -0.149. The molecule has 0 amide bonds. The third kappa shape index (κ3) is 7.08. The monoisotopic (exact) mass is 586 g/mol. The molecule has 5 rings (SSSR count). The number of carbonyl (C=O) groups excluding carboxylic acids is 1. The molecule has 0 aliphatic heterocycles. The summed E-state index contributed by atoms with van der Waals surface area (Å²) < 4.78 is 19.1. The van der Waals surface area contributed by atoms with Gasteiger partial charge in [0.15, 0.2) is 0 Å². The number of thioether (sulfide) groups is 1. The number of nitrogens with zero attached hydrogens (tertiary/aromatic N) is 2. The van der Waals surface area contributed by atoms with Gasteiger partial charge in [0.2, 0.25) is 0 Å². The molecule has 0 saturated heterocycles. The van der Waals surface area contributed by atoms with Crippen molar-refractivity contribution in [1.29, 1.82) is 5.26 Å². The molecule has 0 N–H and O–H groups in total. The average molecular weight is 587 g/mol. The van der Waals surface area contributed by atoms with Crippen LogP contribution < -0.4 is 0 Å². The van der Waals surface area contributed by atoms with Gasteiger partial charge in [-0.05, 0) is 47.9 Å². The Bertz CT molecular complexity index is 1490. The van der Waals surface area contributed by atoms with E-state index >= 15 is 0 Å². The maximum absolute atomic E-state index is 13.2. The standard InChI is InChI=1S/C32H30N2O3S3/c33-21-26-25(24-12-5-2-6-13-24)20-27(29-15-9-18-38-29)34-32(26)39-19-17-31(35)37-28-14-7-8-16-30(28)40(36)22-23-10-3-1-4-11-23/h1-6,9-13,15,18,20,28,30H,7-8,14,16-17,19,22H2/t28-,30+,40+/m1/s1. The highest BCUT2D eigenvalue weighted by atomic mass is 32.2. The van der Waals surface area contributed by atoms with E-state index in [4.69, 9.17) is 9.72 Å². The van der Waals surface area contributed by atoms with Crippen molar-refractivity contribution in [3.63, 3.8) is 0 Å². The number of aromatic nitrogens is 1. The smallest absolute Gasteiger partial charge is 0.306 e. The molecule has 1 saturated carbocycles. The van der Waals surface area contributed by atoms with Gasteiger partial charge in [0, 0.05) is 27.9 Å². The fraction of sp³-hybridized carbons (Fsp3) is 0.281. The van der Waals surface area contributed by atoms with Gasteiger partial charge < -0.3 is 4.74 Å². The van der Waals surface area contributed by atoms with Crippen molar-refractivity contribution in [3.8, 4) is 27.8 Å². The molecule has 0 bridgehead atoms. The summed E-state index contributed by atoms with van der Waals surface area (Å²) in [5.74, 6) is 0.618. The zero-order valence-corrected chi connectivity index (χ0v) is 24.5. The van der Waals surface area contributed by atoms with Crippen LogP contribution in [0.15, 0.2) is 89.3 Å². The number of hydrogen-bond donors (Lipinski definition) is 0. The first-order valence-electron chi connectivity index (χ1n) is 13.4. The average Bonchev–Trinajstić information content (AvgIpc) is 3.53. The van der Waals surface area contributed by atoms with E-state index in [0.717, 1.165) is 52.9 Å². The number of nitriles is 1. The first-order valence-corrected chi connectivity index (χ1v) is 16.6. The molecule has 0 spiro atoms. The Kier molecular flexibility index (Phi) is 9.82. The van der Waals surface area contributed by atoms with Gasteiger partial charge in [0.25, 0.3) is 0 Å². The van der Waals surface area contributed by atoms with Gasteiger partial charge in [0.1, 0.15) is 17.2 Å². The second-order valence-electron chi connectivity index (χ2n) is 9.65. The highest BCUT2D eigenvalue weighted by Crippen LogP contribution is 2.36. The highest BCUT2D eigenvalue weighted by molar-refractivity contribution is 7.99. The zero-order valence-electron chi connectivity index (χ0n) is 22.0. The molecular formula is C32H30N2O3S3. The van der Waals surface area contributed by atoms with Crippen molar-refractivity contribution in [2.45, 2.75) is 54.2 Å². The normalized spacial score (nSPS) is 17.6. The summed E-state index contributed by atoms with van der Waals surface area (Å²) in [6.45, 7) is 0. The van der Waals surface area contributed by atoms with Crippen LogP contribution in [0.2, 0.25) is 0 Å². The van der Waals surface area contributed by atoms with E-state index in [-0.39, 0.29) is 23.7 Å². The Morgan fingerprint density at radius 3 is 2.52 bits per heavy atom. The number of ether oxygens (including phenoxy) is 1. The van der Waals surface area contributed by atoms with E-state index in [2.05, 4.69) is 6.07 Å². The van der Waals surface area contributed by atoms with E-state index < -0.39 is 10.8 Å². The molecule has 2 aromatic carbocycles. The summed E-state index contributed by atoms with van der Waals surface area (Å²) in [7, 11) is -1.11. The number of esters is 1. The van der Waals surface area contributed by atoms with Crippen LogP contribution in [0.4, 0.5) is 0 Å². The molecular weight excluding hydrogens is 557 g/mol. The predicted molar refractivity (Wildman–Crippen MR) is 163 cm³/mol. The lowest BCUT2D eigenvalue weighted by Gasteiger charge is -2.30. The van der Waals surface area contributed by atoms with Gasteiger partial charge in [-0.15, -0.1) is 23.1 Å². The summed E-state index contributed by atoms with van der Waals surface area (Å²) in [4.78, 5) is 18.7. The topological polar surface area (TPSA) is 80.1 Å². The molecule has 3 atom stereocenters. The van der Waals surface area contributed by atoms with Crippen molar-refractivity contribution in [3.05, 3.63) is 95.4 Å². The minimum Gasteiger partial charge on any atom is -0.461 e. The third-order valence-corrected chi connectivity index (χ3v) is 10.6. The van der Waals surface area contributed by atoms with Crippen LogP contribution in [-0.2, 0) is 26.1 Å². The lowest BCUT2D eigenvalue weighted by Crippen LogP contribution is -2.38. The number of pyridine rings is 1. The number of carbonyl (C=O) groups is 1. The Morgan fingerprint density at radius 1 is 1.05 bits per heavy atom. The SMILES string of the molecule is N#Cc1c(-c2ccccc2)cc(-c2cccs2)nc1SCCC(=O)O[C@@H]1CCCC[C@@H]1[S@@](=O)Cc1ccccc1. The maximum atomic E-state index is 13.2. The Labute approximate surface area is 246 Å². The first-order chi connectivity index (χ1) is 19.6. The molecule has 40 heavy (non-hydrogen) atoms. The van der Waals surface area contributed by atoms with Gasteiger partial charge in [-0.2, -0.15) is 5.26 Å². The van der Waals surface area contributed by atoms with Crippen molar-refractivity contribution in [2.75, 3.05) is 5.75 Å². The summed E-state index contributed by atoms with van der Waals surface area (Å²) in [5, 5.41) is 12.5. The molecule has 0 radical (unpaired) electrons. The maximum Gasteiger partial charge on any atom is 0.306 e. The molecule has 5 nitrogen and oxygen atoms in total. The molecule has 204 valence electrons. The van der Waals surface area contributed by atoms with Gasteiger partial charge >= 0.3 is 5.97 Å². The lowest BCUT2D eigenvalue weighted by atomic mass is 9.97. The van der Waals surface area contributed by atoms with Crippen LogP contribution in [0.1, 0.15) is 43.2 Å². The summed E-state index contributed by atoms with van der Waals surface area (Å²) in [6.07, 6.45) is 3.39. The zero-order chi connectivity index (χ0) is 27.7. The van der Waals surface area contributed by atoms with E-state index in [1.807, 2.05) is 84.2 Å². The van der Waals surface area contributed by atoms with Crippen molar-refractivity contribution < 1.29 is 13.7 Å². The van der Waals surface area contributed by atoms with Crippen molar-refractivity contribution in [1.82, 2.24) is 4.98 Å². The van der Waals surface area contributed by atoms with Crippen LogP contribution in [-0.4, -0.2) is 32.3 Å². The first kappa shape index (κ1) is 28.3. The summed E-state index contributed by atoms with van der Waals surface area (Å²) in [6, 6.07) is 28.0. The van der Waals surface area contributed by atoms with Gasteiger partial charge in [0.05, 0.1) is 27.8 Å². The largest absolute Gasteiger partial charge is 0.461 e. The number of benzene rings is 2. The fourth-order valence-electron chi connectivity index (χ4n) is 4.93. The molecule has 1 aliphatic carbocycles. The number of rotatable bonds is 10. The fourth-order valence-corrected chi connectivity index (χ4v) is 8.24.